The van der Waals surface area contributed by atoms with Gasteiger partial charge in [0.15, 0.2) is 0 Å². The molecule has 0 amide bonds. The topological polar surface area (TPSA) is 39.6 Å². The summed E-state index contributed by atoms with van der Waals surface area (Å²) >= 11 is 0. The van der Waals surface area contributed by atoms with Crippen LogP contribution in [0.1, 0.15) is 22.5 Å². The second-order valence-electron chi connectivity index (χ2n) is 2.49. The first-order chi connectivity index (χ1) is 4.66. The largest absolute Gasteiger partial charge is 0.361 e. The first kappa shape index (κ1) is 6.88. The first-order valence-corrected chi connectivity index (χ1v) is 3.22. The molecule has 0 atom stereocenters. The zero-order valence-electron chi connectivity index (χ0n) is 6.45. The van der Waals surface area contributed by atoms with Gasteiger partial charge in [-0.1, -0.05) is 0 Å². The normalized spacial score (nSPS) is 9.40. The van der Waals surface area contributed by atoms with Gasteiger partial charge in [0.05, 0.1) is 5.56 Å². The molecule has 0 radical (unpaired) electrons. The number of aromatic nitrogens is 1. The van der Waals surface area contributed by atoms with Crippen molar-refractivity contribution >= 4 is 0 Å². The van der Waals surface area contributed by atoms with Crippen LogP contribution >= 0.6 is 0 Å². The van der Waals surface area contributed by atoms with Crippen LogP contribution in [0.4, 0.5) is 0 Å². The van der Waals surface area contributed by atoms with E-state index >= 15 is 0 Å². The highest BCUT2D eigenvalue weighted by Gasteiger charge is 2.05. The Morgan fingerprint density at radius 2 is 1.80 bits per heavy atom. The molecule has 2 heteroatoms. The van der Waals surface area contributed by atoms with Gasteiger partial charge < -0.3 is 4.98 Å². The van der Waals surface area contributed by atoms with Crippen LogP contribution in [-0.4, -0.2) is 4.98 Å². The quantitative estimate of drug-likeness (QED) is 0.577. The Bertz CT molecular complexity index is 289. The number of hydrogen-bond acceptors (Lipinski definition) is 1. The van der Waals surface area contributed by atoms with Gasteiger partial charge in [0.2, 0.25) is 0 Å². The third-order valence-electron chi connectivity index (χ3n) is 1.80. The number of hydrogen-bond donors (Lipinski definition) is 1. The summed E-state index contributed by atoms with van der Waals surface area (Å²) in [5, 5.41) is 8.64. The van der Waals surface area contributed by atoms with Crippen molar-refractivity contribution < 1.29 is 0 Å². The van der Waals surface area contributed by atoms with E-state index in [2.05, 4.69) is 11.1 Å². The number of nitrogens with zero attached hydrogens (tertiary/aromatic N) is 1. The fourth-order valence-corrected chi connectivity index (χ4v) is 1.07. The lowest BCUT2D eigenvalue weighted by Crippen LogP contribution is -1.76. The van der Waals surface area contributed by atoms with Gasteiger partial charge in [-0.15, -0.1) is 0 Å². The molecule has 1 aromatic rings. The summed E-state index contributed by atoms with van der Waals surface area (Å²) in [5.74, 6) is 0. The molecule has 2 nitrogen and oxygen atoms in total. The van der Waals surface area contributed by atoms with E-state index in [0.717, 1.165) is 22.5 Å². The van der Waals surface area contributed by atoms with E-state index in [4.69, 9.17) is 5.26 Å². The summed E-state index contributed by atoms with van der Waals surface area (Å²) in [6, 6.07) is 2.15. The van der Waals surface area contributed by atoms with Crippen molar-refractivity contribution in [3.63, 3.8) is 0 Å². The maximum atomic E-state index is 8.64. The van der Waals surface area contributed by atoms with Gasteiger partial charge >= 0.3 is 0 Å². The molecule has 0 aromatic carbocycles. The molecule has 0 saturated heterocycles. The summed E-state index contributed by atoms with van der Waals surface area (Å²) in [4.78, 5) is 3.10. The van der Waals surface area contributed by atoms with E-state index in [0.29, 0.717) is 0 Å². The van der Waals surface area contributed by atoms with Crippen LogP contribution in [0, 0.1) is 32.1 Å². The summed E-state index contributed by atoms with van der Waals surface area (Å²) in [7, 11) is 0. The third kappa shape index (κ3) is 0.801. The van der Waals surface area contributed by atoms with Gasteiger partial charge in [-0.05, 0) is 26.3 Å². The minimum Gasteiger partial charge on any atom is -0.361 e. The van der Waals surface area contributed by atoms with Gasteiger partial charge in [0.1, 0.15) is 6.07 Å². The van der Waals surface area contributed by atoms with E-state index in [1.807, 2.05) is 20.8 Å². The number of H-pyrrole nitrogens is 1. The highest BCUT2D eigenvalue weighted by Crippen LogP contribution is 2.14. The van der Waals surface area contributed by atoms with Crippen LogP contribution in [-0.2, 0) is 0 Å². The van der Waals surface area contributed by atoms with E-state index in [-0.39, 0.29) is 0 Å². The van der Waals surface area contributed by atoms with E-state index < -0.39 is 0 Å². The Labute approximate surface area is 60.5 Å². The lowest BCUT2D eigenvalue weighted by atomic mass is 10.1. The minimum atomic E-state index is 0.789. The van der Waals surface area contributed by atoms with E-state index in [9.17, 15) is 0 Å². The molecule has 0 aliphatic carbocycles. The van der Waals surface area contributed by atoms with Crippen molar-refractivity contribution in [3.05, 3.63) is 22.5 Å². The number of nitriles is 1. The molecule has 1 aromatic heterocycles. The van der Waals surface area contributed by atoms with E-state index in [1.54, 1.807) is 0 Å². The molecule has 0 aliphatic rings. The van der Waals surface area contributed by atoms with Crippen LogP contribution in [0.15, 0.2) is 0 Å². The summed E-state index contributed by atoms with van der Waals surface area (Å²) < 4.78 is 0. The molecule has 1 rings (SSSR count). The summed E-state index contributed by atoms with van der Waals surface area (Å²) in [6.45, 7) is 5.85. The highest BCUT2D eigenvalue weighted by molar-refractivity contribution is 5.43. The molecule has 1 N–H and O–H groups in total. The molecule has 1 heterocycles. The molecule has 0 spiro atoms. The van der Waals surface area contributed by atoms with Gasteiger partial charge in [0, 0.05) is 11.4 Å². The minimum absolute atomic E-state index is 0.789. The maximum absolute atomic E-state index is 8.64. The molecule has 0 aliphatic heterocycles. The zero-order chi connectivity index (χ0) is 7.72. The van der Waals surface area contributed by atoms with E-state index in [1.165, 1.54) is 0 Å². The van der Waals surface area contributed by atoms with Gasteiger partial charge in [-0.2, -0.15) is 5.26 Å². The Balaban J connectivity index is 3.37. The average Bonchev–Trinajstić information content (AvgIpc) is 2.09. The van der Waals surface area contributed by atoms with Gasteiger partial charge in [-0.25, -0.2) is 0 Å². The standard InChI is InChI=1S/C8H10N2/c1-5-6(2)10-7(3)8(5)4-9/h10H,1-3H3. The lowest BCUT2D eigenvalue weighted by Gasteiger charge is -1.85. The Morgan fingerprint density at radius 3 is 2.00 bits per heavy atom. The zero-order valence-corrected chi connectivity index (χ0v) is 6.45. The number of nitrogens with one attached hydrogen (secondary N) is 1. The highest BCUT2D eigenvalue weighted by atomic mass is 14.7. The molecule has 10 heavy (non-hydrogen) atoms. The van der Waals surface area contributed by atoms with Crippen molar-refractivity contribution in [1.82, 2.24) is 4.98 Å². The van der Waals surface area contributed by atoms with Crippen LogP contribution in [0.25, 0.3) is 0 Å². The maximum Gasteiger partial charge on any atom is 0.101 e. The Morgan fingerprint density at radius 1 is 1.20 bits per heavy atom. The van der Waals surface area contributed by atoms with Crippen molar-refractivity contribution in [2.24, 2.45) is 0 Å². The Hall–Kier alpha value is -1.23. The molecule has 0 bridgehead atoms. The van der Waals surface area contributed by atoms with Crippen LogP contribution in [0.2, 0.25) is 0 Å². The molecule has 0 unspecified atom stereocenters. The molecule has 52 valence electrons. The van der Waals surface area contributed by atoms with Crippen LogP contribution < -0.4 is 0 Å². The van der Waals surface area contributed by atoms with Crippen molar-refractivity contribution in [2.75, 3.05) is 0 Å². The predicted octanol–water partition coefficient (Wildman–Crippen LogP) is 1.81. The number of aryl methyl sites for hydroxylation is 2. The average molecular weight is 134 g/mol. The Kier molecular flexibility index (Phi) is 1.50. The number of aromatic amines is 1. The second-order valence-corrected chi connectivity index (χ2v) is 2.49. The van der Waals surface area contributed by atoms with Crippen molar-refractivity contribution in [2.45, 2.75) is 20.8 Å². The SMILES string of the molecule is Cc1[nH]c(C)c(C#N)c1C. The number of rotatable bonds is 0. The monoisotopic (exact) mass is 134 g/mol. The third-order valence-corrected chi connectivity index (χ3v) is 1.80. The molecule has 0 saturated carbocycles. The molecular weight excluding hydrogens is 124 g/mol. The van der Waals surface area contributed by atoms with Crippen molar-refractivity contribution in [1.29, 1.82) is 5.26 Å². The molecular formula is C8H10N2. The lowest BCUT2D eigenvalue weighted by molar-refractivity contribution is 1.17. The van der Waals surface area contributed by atoms with Crippen molar-refractivity contribution in [3.8, 4) is 6.07 Å². The molecule has 0 fully saturated rings. The fourth-order valence-electron chi connectivity index (χ4n) is 1.07. The first-order valence-electron chi connectivity index (χ1n) is 3.22. The smallest absolute Gasteiger partial charge is 0.101 e. The predicted molar refractivity (Wildman–Crippen MR) is 39.7 cm³/mol. The second kappa shape index (κ2) is 2.18. The van der Waals surface area contributed by atoms with Crippen LogP contribution in [0.3, 0.4) is 0 Å². The summed E-state index contributed by atoms with van der Waals surface area (Å²) in [5.41, 5.74) is 3.92. The fraction of sp³-hybridized carbons (Fsp3) is 0.375. The van der Waals surface area contributed by atoms with Crippen LogP contribution in [0.5, 0.6) is 0 Å². The summed E-state index contributed by atoms with van der Waals surface area (Å²) in [6.07, 6.45) is 0. The van der Waals surface area contributed by atoms with Gasteiger partial charge in [-0.3, -0.25) is 0 Å². The van der Waals surface area contributed by atoms with Gasteiger partial charge in [0.25, 0.3) is 0 Å².